The predicted octanol–water partition coefficient (Wildman–Crippen LogP) is 3.75. The standard InChI is InChI=1S/C27H28F2N2O4/c1-2-17-4-3-5-18(8-17)14-30-15-24(32)23(11-19-9-21(28)13-22(29)10-19)31-27(33)20-6-7-25-26(12-20)35-16-34-25/h3-10,12-13,23-24,30,32H,2,11,14-16H2,1H3,(H,31,33)/t23-,24+/m0/s1. The van der Waals surface area contributed by atoms with Gasteiger partial charge in [-0.25, -0.2) is 8.78 Å². The lowest BCUT2D eigenvalue weighted by molar-refractivity contribution is 0.0829. The van der Waals surface area contributed by atoms with Crippen LogP contribution in [0.3, 0.4) is 0 Å². The van der Waals surface area contributed by atoms with Gasteiger partial charge in [0.25, 0.3) is 5.91 Å². The van der Waals surface area contributed by atoms with Crippen molar-refractivity contribution in [1.82, 2.24) is 10.6 Å². The largest absolute Gasteiger partial charge is 0.454 e. The van der Waals surface area contributed by atoms with Crippen molar-refractivity contribution in [3.05, 3.63) is 94.6 Å². The maximum Gasteiger partial charge on any atom is 0.251 e. The summed E-state index contributed by atoms with van der Waals surface area (Å²) in [6, 6.07) is 15.3. The van der Waals surface area contributed by atoms with Gasteiger partial charge in [0.1, 0.15) is 11.6 Å². The lowest BCUT2D eigenvalue weighted by atomic mass is 10.00. The number of aliphatic hydroxyl groups is 1. The second-order valence-corrected chi connectivity index (χ2v) is 8.50. The average molecular weight is 483 g/mol. The molecule has 1 amide bonds. The van der Waals surface area contributed by atoms with Gasteiger partial charge < -0.3 is 25.2 Å². The number of aryl methyl sites for hydroxylation is 1. The Morgan fingerprint density at radius 3 is 2.49 bits per heavy atom. The fraction of sp³-hybridized carbons (Fsp3) is 0.296. The highest BCUT2D eigenvalue weighted by Crippen LogP contribution is 2.32. The number of ether oxygens (including phenoxy) is 2. The van der Waals surface area contributed by atoms with E-state index in [9.17, 15) is 18.7 Å². The lowest BCUT2D eigenvalue weighted by Crippen LogP contribution is -2.48. The molecule has 3 N–H and O–H groups in total. The van der Waals surface area contributed by atoms with E-state index >= 15 is 0 Å². The summed E-state index contributed by atoms with van der Waals surface area (Å²) in [7, 11) is 0. The topological polar surface area (TPSA) is 79.8 Å². The molecule has 184 valence electrons. The van der Waals surface area contributed by atoms with E-state index in [0.29, 0.717) is 29.2 Å². The highest BCUT2D eigenvalue weighted by atomic mass is 19.1. The molecule has 0 aliphatic carbocycles. The van der Waals surface area contributed by atoms with Crippen LogP contribution in [0.2, 0.25) is 0 Å². The molecule has 3 aromatic rings. The molecule has 0 saturated heterocycles. The molecule has 35 heavy (non-hydrogen) atoms. The number of nitrogens with one attached hydrogen (secondary N) is 2. The van der Waals surface area contributed by atoms with Crippen LogP contribution in [0.4, 0.5) is 8.78 Å². The van der Waals surface area contributed by atoms with Crippen LogP contribution in [0.15, 0.2) is 60.7 Å². The molecule has 0 aromatic heterocycles. The van der Waals surface area contributed by atoms with Gasteiger partial charge in [-0.15, -0.1) is 0 Å². The summed E-state index contributed by atoms with van der Waals surface area (Å²) >= 11 is 0. The van der Waals surface area contributed by atoms with Crippen LogP contribution in [-0.4, -0.2) is 36.5 Å². The zero-order chi connectivity index (χ0) is 24.8. The van der Waals surface area contributed by atoms with Gasteiger partial charge in [-0.3, -0.25) is 4.79 Å². The molecule has 6 nitrogen and oxygen atoms in total. The van der Waals surface area contributed by atoms with Crippen molar-refractivity contribution in [1.29, 1.82) is 0 Å². The summed E-state index contributed by atoms with van der Waals surface area (Å²) in [5.74, 6) is -0.879. The average Bonchev–Trinajstić information content (AvgIpc) is 3.31. The van der Waals surface area contributed by atoms with E-state index in [1.54, 1.807) is 18.2 Å². The Hall–Kier alpha value is -3.49. The summed E-state index contributed by atoms with van der Waals surface area (Å²) in [5.41, 5.74) is 2.94. The molecule has 0 fully saturated rings. The first kappa shape index (κ1) is 24.6. The van der Waals surface area contributed by atoms with Crippen LogP contribution in [-0.2, 0) is 19.4 Å². The second kappa shape index (κ2) is 11.3. The number of fused-ring (bicyclic) bond motifs is 1. The Labute approximate surface area is 202 Å². The van der Waals surface area contributed by atoms with E-state index in [4.69, 9.17) is 9.47 Å². The Kier molecular flexibility index (Phi) is 7.94. The minimum atomic E-state index is -1.02. The Balaban J connectivity index is 1.45. The molecule has 8 heteroatoms. The van der Waals surface area contributed by atoms with Gasteiger partial charge in [0.2, 0.25) is 6.79 Å². The Bertz CT molecular complexity index is 1170. The van der Waals surface area contributed by atoms with Crippen LogP contribution >= 0.6 is 0 Å². The van der Waals surface area contributed by atoms with Gasteiger partial charge in [-0.1, -0.05) is 31.2 Å². The van der Waals surface area contributed by atoms with E-state index in [0.717, 1.165) is 18.1 Å². The lowest BCUT2D eigenvalue weighted by Gasteiger charge is -2.25. The minimum Gasteiger partial charge on any atom is -0.454 e. The van der Waals surface area contributed by atoms with Crippen molar-refractivity contribution in [2.45, 2.75) is 38.5 Å². The van der Waals surface area contributed by atoms with Gasteiger partial charge >= 0.3 is 0 Å². The van der Waals surface area contributed by atoms with Gasteiger partial charge in [-0.05, 0) is 59.9 Å². The summed E-state index contributed by atoms with van der Waals surface area (Å²) in [5, 5.41) is 16.9. The number of hydrogen-bond acceptors (Lipinski definition) is 5. The van der Waals surface area contributed by atoms with Crippen molar-refractivity contribution in [3.63, 3.8) is 0 Å². The SMILES string of the molecule is CCc1cccc(CNC[C@@H](O)[C@H](Cc2cc(F)cc(F)c2)NC(=O)c2ccc3c(c2)OCO3)c1. The molecular weight excluding hydrogens is 454 g/mol. The van der Waals surface area contributed by atoms with Gasteiger partial charge in [0.05, 0.1) is 12.1 Å². The number of halogens is 2. The maximum atomic E-state index is 13.8. The van der Waals surface area contributed by atoms with E-state index in [2.05, 4.69) is 29.7 Å². The van der Waals surface area contributed by atoms with E-state index < -0.39 is 29.7 Å². The molecule has 0 spiro atoms. The van der Waals surface area contributed by atoms with Crippen molar-refractivity contribution >= 4 is 5.91 Å². The van der Waals surface area contributed by atoms with Crippen molar-refractivity contribution in [2.24, 2.45) is 0 Å². The Morgan fingerprint density at radius 1 is 0.971 bits per heavy atom. The number of benzene rings is 3. The van der Waals surface area contributed by atoms with Crippen LogP contribution in [0.25, 0.3) is 0 Å². The fourth-order valence-electron chi connectivity index (χ4n) is 4.02. The van der Waals surface area contributed by atoms with Gasteiger partial charge in [0.15, 0.2) is 11.5 Å². The number of carbonyl (C=O) groups is 1. The Morgan fingerprint density at radius 2 is 1.71 bits per heavy atom. The molecule has 0 saturated carbocycles. The molecule has 0 bridgehead atoms. The summed E-state index contributed by atoms with van der Waals surface area (Å²) < 4.78 is 38.1. The number of amides is 1. The fourth-order valence-corrected chi connectivity index (χ4v) is 4.02. The zero-order valence-electron chi connectivity index (χ0n) is 19.4. The van der Waals surface area contributed by atoms with Crippen LogP contribution in [0.5, 0.6) is 11.5 Å². The molecule has 1 aliphatic rings. The number of aliphatic hydroxyl groups excluding tert-OH is 1. The highest BCUT2D eigenvalue weighted by Gasteiger charge is 2.24. The molecule has 4 rings (SSSR count). The predicted molar refractivity (Wildman–Crippen MR) is 127 cm³/mol. The van der Waals surface area contributed by atoms with E-state index in [1.807, 2.05) is 12.1 Å². The van der Waals surface area contributed by atoms with Crippen molar-refractivity contribution in [3.8, 4) is 11.5 Å². The van der Waals surface area contributed by atoms with Crippen LogP contribution in [0.1, 0.15) is 34.0 Å². The molecule has 2 atom stereocenters. The highest BCUT2D eigenvalue weighted by molar-refractivity contribution is 5.95. The summed E-state index contributed by atoms with van der Waals surface area (Å²) in [6.45, 7) is 2.86. The first-order valence-electron chi connectivity index (χ1n) is 11.5. The third-order valence-electron chi connectivity index (χ3n) is 5.88. The first-order chi connectivity index (χ1) is 16.9. The zero-order valence-corrected chi connectivity index (χ0v) is 19.4. The summed E-state index contributed by atoms with van der Waals surface area (Å²) in [4.78, 5) is 13.0. The van der Waals surface area contributed by atoms with Crippen LogP contribution in [0, 0.1) is 11.6 Å². The van der Waals surface area contributed by atoms with Gasteiger partial charge in [-0.2, -0.15) is 0 Å². The minimum absolute atomic E-state index is 0.0408. The van der Waals surface area contributed by atoms with Crippen molar-refractivity contribution in [2.75, 3.05) is 13.3 Å². The molecule has 0 unspecified atom stereocenters. The van der Waals surface area contributed by atoms with Gasteiger partial charge in [0, 0.05) is 24.7 Å². The summed E-state index contributed by atoms with van der Waals surface area (Å²) in [6.07, 6.45) is -0.0537. The number of carbonyl (C=O) groups excluding carboxylic acids is 1. The molecule has 1 aliphatic heterocycles. The quantitative estimate of drug-likeness (QED) is 0.410. The third-order valence-corrected chi connectivity index (χ3v) is 5.88. The van der Waals surface area contributed by atoms with Crippen LogP contribution < -0.4 is 20.1 Å². The monoisotopic (exact) mass is 482 g/mol. The first-order valence-corrected chi connectivity index (χ1v) is 11.5. The normalized spacial score (nSPS) is 13.9. The third kappa shape index (κ3) is 6.55. The molecular formula is C27H28F2N2O4. The maximum absolute atomic E-state index is 13.8. The number of rotatable bonds is 10. The van der Waals surface area contributed by atoms with Crippen molar-refractivity contribution < 1.29 is 28.2 Å². The second-order valence-electron chi connectivity index (χ2n) is 8.50. The van der Waals surface area contributed by atoms with E-state index in [-0.39, 0.29) is 19.8 Å². The number of hydrogen-bond donors (Lipinski definition) is 3. The van der Waals surface area contributed by atoms with E-state index in [1.165, 1.54) is 17.7 Å². The molecule has 3 aromatic carbocycles. The molecule has 1 heterocycles. The smallest absolute Gasteiger partial charge is 0.251 e. The molecule has 0 radical (unpaired) electrons.